The van der Waals surface area contributed by atoms with E-state index < -0.39 is 0 Å². The first-order chi connectivity index (χ1) is 12.9. The van der Waals surface area contributed by atoms with Gasteiger partial charge in [-0.25, -0.2) is 4.79 Å². The van der Waals surface area contributed by atoms with Crippen LogP contribution in [0.2, 0.25) is 0 Å². The third-order valence-corrected chi connectivity index (χ3v) is 5.38. The Bertz CT molecular complexity index is 1030. The molecule has 0 atom stereocenters. The number of allylic oxidation sites excluding steroid dienone is 2. The van der Waals surface area contributed by atoms with Crippen molar-refractivity contribution < 1.29 is 14.3 Å². The highest BCUT2D eigenvalue weighted by atomic mass is 16.5. The first-order valence-electron chi connectivity index (χ1n) is 9.21. The number of esters is 1. The molecular formula is C23H23NO3. The van der Waals surface area contributed by atoms with Crippen molar-refractivity contribution >= 4 is 34.3 Å². The van der Waals surface area contributed by atoms with E-state index in [0.717, 1.165) is 34.1 Å². The van der Waals surface area contributed by atoms with Crippen molar-refractivity contribution in [2.45, 2.75) is 33.1 Å². The van der Waals surface area contributed by atoms with E-state index in [4.69, 9.17) is 4.74 Å². The molecule has 1 heterocycles. The number of carbonyl (C=O) groups is 2. The van der Waals surface area contributed by atoms with Crippen LogP contribution in [-0.4, -0.2) is 18.9 Å². The predicted octanol–water partition coefficient (Wildman–Crippen LogP) is 4.86. The van der Waals surface area contributed by atoms with E-state index >= 15 is 0 Å². The average molecular weight is 361 g/mol. The Morgan fingerprint density at radius 3 is 2.67 bits per heavy atom. The van der Waals surface area contributed by atoms with Crippen molar-refractivity contribution in [2.24, 2.45) is 5.41 Å². The minimum Gasteiger partial charge on any atom is -0.466 e. The summed E-state index contributed by atoms with van der Waals surface area (Å²) in [6.45, 7) is 4.21. The first kappa shape index (κ1) is 17.5. The second kappa shape index (κ2) is 6.38. The number of Topliss-reactive ketones (excluding diaryl/α,β-unsaturated/α-hetero) is 1. The lowest BCUT2D eigenvalue weighted by Gasteiger charge is -2.34. The number of anilines is 1. The zero-order valence-corrected chi connectivity index (χ0v) is 15.9. The fourth-order valence-electron chi connectivity index (χ4n) is 4.07. The summed E-state index contributed by atoms with van der Waals surface area (Å²) in [5.74, 6) is -0.285. The Labute approximate surface area is 158 Å². The van der Waals surface area contributed by atoms with Crippen molar-refractivity contribution in [2.75, 3.05) is 12.4 Å². The number of hydrogen-bond donors (Lipinski definition) is 1. The molecule has 0 saturated carbocycles. The summed E-state index contributed by atoms with van der Waals surface area (Å²) in [6.07, 6.45) is 3.41. The predicted molar refractivity (Wildman–Crippen MR) is 107 cm³/mol. The molecule has 0 radical (unpaired) electrons. The molecule has 0 bridgehead atoms. The van der Waals surface area contributed by atoms with Gasteiger partial charge in [-0.05, 0) is 28.9 Å². The van der Waals surface area contributed by atoms with Crippen molar-refractivity contribution in [1.29, 1.82) is 0 Å². The second-order valence-corrected chi connectivity index (χ2v) is 8.11. The van der Waals surface area contributed by atoms with Gasteiger partial charge in [0.05, 0.1) is 12.8 Å². The van der Waals surface area contributed by atoms with Gasteiger partial charge in [-0.1, -0.05) is 50.2 Å². The Morgan fingerprint density at radius 2 is 1.89 bits per heavy atom. The molecule has 0 saturated heterocycles. The van der Waals surface area contributed by atoms with E-state index in [1.165, 1.54) is 7.11 Å². The van der Waals surface area contributed by atoms with Crippen LogP contribution in [0.4, 0.5) is 5.69 Å². The smallest absolute Gasteiger partial charge is 0.334 e. The van der Waals surface area contributed by atoms with Gasteiger partial charge >= 0.3 is 5.97 Å². The molecule has 1 N–H and O–H groups in total. The molecule has 4 nitrogen and oxygen atoms in total. The van der Waals surface area contributed by atoms with Crippen molar-refractivity contribution in [3.63, 3.8) is 0 Å². The molecule has 0 aromatic heterocycles. The maximum atomic E-state index is 12.9. The zero-order chi connectivity index (χ0) is 19.2. The standard InChI is InChI=1S/C23H23NO3/c1-23(2)12-19-18(20(25)13-23)11-16(22(26)27-3)10-15-9-8-14-6-4-5-7-17(14)21(15)24-19/h4-10,24H,11-13H2,1-3H3/b16-10+. The molecule has 138 valence electrons. The molecule has 4 rings (SSSR count). The first-order valence-corrected chi connectivity index (χ1v) is 9.21. The Kier molecular flexibility index (Phi) is 4.14. The summed E-state index contributed by atoms with van der Waals surface area (Å²) in [7, 11) is 1.38. The molecule has 2 aromatic carbocycles. The Balaban J connectivity index is 1.97. The van der Waals surface area contributed by atoms with Gasteiger partial charge in [0.25, 0.3) is 0 Å². The number of nitrogens with one attached hydrogen (secondary N) is 1. The third-order valence-electron chi connectivity index (χ3n) is 5.38. The molecular weight excluding hydrogens is 338 g/mol. The van der Waals surface area contributed by atoms with Gasteiger partial charge < -0.3 is 10.1 Å². The maximum Gasteiger partial charge on any atom is 0.334 e. The summed E-state index contributed by atoms with van der Waals surface area (Å²) in [5, 5.41) is 5.75. The topological polar surface area (TPSA) is 55.4 Å². The van der Waals surface area contributed by atoms with E-state index in [9.17, 15) is 9.59 Å². The van der Waals surface area contributed by atoms with Crippen LogP contribution in [0, 0.1) is 5.41 Å². The summed E-state index contributed by atoms with van der Waals surface area (Å²) in [5.41, 5.74) is 3.88. The molecule has 2 aliphatic rings. The quantitative estimate of drug-likeness (QED) is 0.738. The van der Waals surface area contributed by atoms with Crippen LogP contribution < -0.4 is 5.32 Å². The number of carbonyl (C=O) groups excluding carboxylic acids is 2. The average Bonchev–Trinajstić information content (AvgIpc) is 2.61. The SMILES string of the molecule is COC(=O)/C1=C/c2ccc3ccccc3c2NC2=C(C1)C(=O)CC(C)(C)C2. The van der Waals surface area contributed by atoms with Crippen molar-refractivity contribution in [3.05, 3.63) is 58.8 Å². The highest BCUT2D eigenvalue weighted by molar-refractivity contribution is 6.06. The maximum absolute atomic E-state index is 12.9. The fourth-order valence-corrected chi connectivity index (χ4v) is 4.07. The number of ketones is 1. The number of ether oxygens (including phenoxy) is 1. The molecule has 1 aliphatic carbocycles. The van der Waals surface area contributed by atoms with Crippen LogP contribution >= 0.6 is 0 Å². The third kappa shape index (κ3) is 3.16. The molecule has 1 aliphatic heterocycles. The summed E-state index contributed by atoms with van der Waals surface area (Å²) in [4.78, 5) is 25.2. The largest absolute Gasteiger partial charge is 0.466 e. The molecule has 0 unspecified atom stereocenters. The van der Waals surface area contributed by atoms with Gasteiger partial charge in [0.1, 0.15) is 0 Å². The Hall–Kier alpha value is -2.88. The van der Waals surface area contributed by atoms with Crippen LogP contribution in [-0.2, 0) is 14.3 Å². The zero-order valence-electron chi connectivity index (χ0n) is 15.9. The van der Waals surface area contributed by atoms with E-state index in [2.05, 4.69) is 31.3 Å². The normalized spacial score (nSPS) is 20.6. The molecule has 0 fully saturated rings. The summed E-state index contributed by atoms with van der Waals surface area (Å²) >= 11 is 0. The number of hydrogen-bond acceptors (Lipinski definition) is 4. The van der Waals surface area contributed by atoms with Crippen LogP contribution in [0.5, 0.6) is 0 Å². The fraction of sp³-hybridized carbons (Fsp3) is 0.304. The lowest BCUT2D eigenvalue weighted by Crippen LogP contribution is -2.29. The van der Waals surface area contributed by atoms with E-state index in [0.29, 0.717) is 24.0 Å². The van der Waals surface area contributed by atoms with Gasteiger partial charge in [0.15, 0.2) is 5.78 Å². The van der Waals surface area contributed by atoms with E-state index in [1.54, 1.807) is 0 Å². The number of rotatable bonds is 1. The van der Waals surface area contributed by atoms with Gasteiger partial charge in [0, 0.05) is 35.1 Å². The van der Waals surface area contributed by atoms with E-state index in [1.807, 2.05) is 30.3 Å². The lowest BCUT2D eigenvalue weighted by atomic mass is 9.74. The minimum atomic E-state index is -0.388. The molecule has 27 heavy (non-hydrogen) atoms. The molecule has 2 aromatic rings. The van der Waals surface area contributed by atoms with E-state index in [-0.39, 0.29) is 17.2 Å². The van der Waals surface area contributed by atoms with Crippen molar-refractivity contribution in [1.82, 2.24) is 0 Å². The minimum absolute atomic E-state index is 0.104. The van der Waals surface area contributed by atoms with Gasteiger partial charge in [-0.3, -0.25) is 4.79 Å². The van der Waals surface area contributed by atoms with Crippen LogP contribution in [0.3, 0.4) is 0 Å². The van der Waals surface area contributed by atoms with Crippen LogP contribution in [0.25, 0.3) is 16.8 Å². The van der Waals surface area contributed by atoms with Gasteiger partial charge in [-0.15, -0.1) is 0 Å². The molecule has 0 amide bonds. The highest BCUT2D eigenvalue weighted by Gasteiger charge is 2.35. The van der Waals surface area contributed by atoms with Gasteiger partial charge in [-0.2, -0.15) is 0 Å². The second-order valence-electron chi connectivity index (χ2n) is 8.11. The highest BCUT2D eigenvalue weighted by Crippen LogP contribution is 2.42. The number of benzene rings is 2. The number of fused-ring (bicyclic) bond motifs is 3. The van der Waals surface area contributed by atoms with Crippen LogP contribution in [0.1, 0.15) is 38.7 Å². The van der Waals surface area contributed by atoms with Crippen molar-refractivity contribution in [3.8, 4) is 0 Å². The summed E-state index contributed by atoms with van der Waals surface area (Å²) in [6, 6.07) is 12.2. The monoisotopic (exact) mass is 361 g/mol. The molecule has 4 heteroatoms. The van der Waals surface area contributed by atoms with Gasteiger partial charge in [0.2, 0.25) is 0 Å². The lowest BCUT2D eigenvalue weighted by molar-refractivity contribution is -0.136. The van der Waals surface area contributed by atoms with Crippen LogP contribution in [0.15, 0.2) is 53.2 Å². The Morgan fingerprint density at radius 1 is 1.11 bits per heavy atom. The number of methoxy groups -OCH3 is 1. The molecule has 0 spiro atoms. The summed E-state index contributed by atoms with van der Waals surface area (Å²) < 4.78 is 4.98.